The van der Waals surface area contributed by atoms with Crippen LogP contribution in [0.1, 0.15) is 22.3 Å². The number of benzene rings is 2. The lowest BCUT2D eigenvalue weighted by Gasteiger charge is -2.18. The van der Waals surface area contributed by atoms with Crippen molar-refractivity contribution in [2.45, 2.75) is 33.7 Å². The minimum atomic E-state index is -4.75. The maximum absolute atomic E-state index is 13.2. The Morgan fingerprint density at radius 1 is 1.03 bits per heavy atom. The number of alkyl halides is 3. The van der Waals surface area contributed by atoms with Gasteiger partial charge in [0.05, 0.1) is 13.7 Å². The van der Waals surface area contributed by atoms with E-state index in [2.05, 4.69) is 4.74 Å². The fourth-order valence-electron chi connectivity index (χ4n) is 3.63. The maximum Gasteiger partial charge on any atom is 0.522 e. The molecule has 0 saturated heterocycles. The van der Waals surface area contributed by atoms with Crippen molar-refractivity contribution in [3.8, 4) is 28.2 Å². The van der Waals surface area contributed by atoms with Crippen LogP contribution in [0.3, 0.4) is 0 Å². The Bertz CT molecular complexity index is 1210. The van der Waals surface area contributed by atoms with Crippen LogP contribution in [0.4, 0.5) is 13.2 Å². The molecule has 0 amide bonds. The molecule has 0 aliphatic carbocycles. The van der Waals surface area contributed by atoms with Gasteiger partial charge in [0.2, 0.25) is 0 Å². The number of ether oxygens (including phenoxy) is 3. The molecule has 3 rings (SSSR count). The van der Waals surface area contributed by atoms with Crippen LogP contribution < -0.4 is 10.4 Å². The molecular weight excluding hydrogens is 457 g/mol. The van der Waals surface area contributed by atoms with Gasteiger partial charge in [0, 0.05) is 23.3 Å². The fourth-order valence-corrected chi connectivity index (χ4v) is 3.72. The molecule has 0 saturated carbocycles. The zero-order chi connectivity index (χ0) is 24.3. The average molecular weight is 478 g/mol. The monoisotopic (exact) mass is 478 g/mol. The first kappa shape index (κ1) is 24.5. The van der Waals surface area contributed by atoms with Gasteiger partial charge in [-0.05, 0) is 43.0 Å². The molecular formula is C24H21F3O5S. The summed E-state index contributed by atoms with van der Waals surface area (Å²) in [5.74, 6) is 0.464. The number of halogens is 3. The third-order valence-corrected chi connectivity index (χ3v) is 5.19. The third-order valence-electron chi connectivity index (χ3n) is 4.94. The highest BCUT2D eigenvalue weighted by molar-refractivity contribution is 7.79. The van der Waals surface area contributed by atoms with Crippen LogP contribution in [0.15, 0.2) is 51.7 Å². The van der Waals surface area contributed by atoms with E-state index in [9.17, 15) is 18.0 Å². The molecule has 0 aliphatic rings. The Kier molecular flexibility index (Phi) is 7.24. The van der Waals surface area contributed by atoms with Gasteiger partial charge in [-0.1, -0.05) is 42.5 Å². The third kappa shape index (κ3) is 5.61. The zero-order valence-electron chi connectivity index (χ0n) is 18.3. The smallest absolute Gasteiger partial charge is 0.460 e. The summed E-state index contributed by atoms with van der Waals surface area (Å²) >= 11 is 5.07. The van der Waals surface area contributed by atoms with Gasteiger partial charge >= 0.3 is 17.2 Å². The molecule has 174 valence electrons. The molecule has 3 aromatic rings. The summed E-state index contributed by atoms with van der Waals surface area (Å²) in [6.45, 7) is 4.43. The van der Waals surface area contributed by atoms with Crippen molar-refractivity contribution in [2.24, 2.45) is 0 Å². The lowest BCUT2D eigenvalue weighted by molar-refractivity contribution is -0.330. The normalized spacial score (nSPS) is 11.4. The van der Waals surface area contributed by atoms with Crippen LogP contribution in [0.25, 0.3) is 22.5 Å². The van der Waals surface area contributed by atoms with Crippen LogP contribution in [-0.2, 0) is 16.1 Å². The Balaban J connectivity index is 2.21. The summed E-state index contributed by atoms with van der Waals surface area (Å²) in [6, 6.07) is 12.1. The molecule has 5 nitrogen and oxygen atoms in total. The van der Waals surface area contributed by atoms with Crippen molar-refractivity contribution in [3.05, 3.63) is 75.1 Å². The summed E-state index contributed by atoms with van der Waals surface area (Å²) in [7, 11) is 1.34. The summed E-state index contributed by atoms with van der Waals surface area (Å²) in [4.78, 5) is 13.2. The van der Waals surface area contributed by atoms with Gasteiger partial charge in [-0.2, -0.15) is 0 Å². The first-order chi connectivity index (χ1) is 15.5. The second-order valence-electron chi connectivity index (χ2n) is 7.31. The second-order valence-corrected chi connectivity index (χ2v) is 7.64. The highest BCUT2D eigenvalue weighted by Gasteiger charge is 2.29. The Hall–Kier alpha value is -3.17. The SMILES string of the molecule is COC(=S)Oc1c(C)c(-c2ccccc2)oc(=O)c1-c1c(C)cc(COC(F)(F)F)cc1C. The first-order valence-corrected chi connectivity index (χ1v) is 10.2. The van der Waals surface area contributed by atoms with E-state index in [0.29, 0.717) is 39.1 Å². The largest absolute Gasteiger partial charge is 0.522 e. The minimum absolute atomic E-state index is 0.102. The fraction of sp³-hybridized carbons (Fsp3) is 0.250. The van der Waals surface area contributed by atoms with Gasteiger partial charge in [0.15, 0.2) is 5.75 Å². The van der Waals surface area contributed by atoms with Gasteiger partial charge in [-0.25, -0.2) is 4.79 Å². The highest BCUT2D eigenvalue weighted by atomic mass is 32.1. The van der Waals surface area contributed by atoms with Crippen LogP contribution in [0, 0.1) is 20.8 Å². The molecule has 9 heteroatoms. The Morgan fingerprint density at radius 3 is 2.18 bits per heavy atom. The van der Waals surface area contributed by atoms with Crippen molar-refractivity contribution in [2.75, 3.05) is 7.11 Å². The summed E-state index contributed by atoms with van der Waals surface area (Å²) in [5.41, 5.74) is 2.47. The number of thiocarbonyl (C=S) groups is 1. The first-order valence-electron chi connectivity index (χ1n) is 9.82. The molecule has 33 heavy (non-hydrogen) atoms. The standard InChI is InChI=1S/C24H21F3O5S/c1-13-10-16(12-30-24(25,26)27)11-14(2)18(13)19-21(32-23(33)29-4)15(3)20(31-22(19)28)17-8-6-5-7-9-17/h5-11H,12H2,1-4H3. The molecule has 0 atom stereocenters. The topological polar surface area (TPSA) is 57.9 Å². The molecule has 0 bridgehead atoms. The number of methoxy groups -OCH3 is 1. The predicted octanol–water partition coefficient (Wildman–Crippen LogP) is 6.25. The average Bonchev–Trinajstić information content (AvgIpc) is 2.75. The van der Waals surface area contributed by atoms with Gasteiger partial charge in [0.1, 0.15) is 11.3 Å². The van der Waals surface area contributed by atoms with E-state index >= 15 is 0 Å². The lowest BCUT2D eigenvalue weighted by atomic mass is 9.92. The summed E-state index contributed by atoms with van der Waals surface area (Å²) in [5, 5.41) is -0.200. The molecule has 0 spiro atoms. The second kappa shape index (κ2) is 9.76. The minimum Gasteiger partial charge on any atom is -0.460 e. The molecule has 0 aliphatic heterocycles. The molecule has 0 fully saturated rings. The molecule has 0 unspecified atom stereocenters. The van der Waals surface area contributed by atoms with Crippen molar-refractivity contribution in [1.82, 2.24) is 0 Å². The summed E-state index contributed by atoms with van der Waals surface area (Å²) in [6.07, 6.45) is -4.75. The van der Waals surface area contributed by atoms with Crippen LogP contribution in [-0.4, -0.2) is 18.7 Å². The number of hydrogen-bond donors (Lipinski definition) is 0. The Morgan fingerprint density at radius 2 is 1.64 bits per heavy atom. The van der Waals surface area contributed by atoms with Crippen molar-refractivity contribution in [1.29, 1.82) is 0 Å². The van der Waals surface area contributed by atoms with E-state index < -0.39 is 18.6 Å². The quantitative estimate of drug-likeness (QED) is 0.404. The van der Waals surface area contributed by atoms with Gasteiger partial charge in [-0.15, -0.1) is 13.2 Å². The van der Waals surface area contributed by atoms with E-state index in [-0.39, 0.29) is 16.5 Å². The number of aryl methyl sites for hydroxylation is 2. The van der Waals surface area contributed by atoms with E-state index in [4.69, 9.17) is 26.1 Å². The van der Waals surface area contributed by atoms with Crippen LogP contribution in [0.5, 0.6) is 5.75 Å². The lowest BCUT2D eigenvalue weighted by Crippen LogP contribution is -2.16. The maximum atomic E-state index is 13.2. The molecule has 2 aromatic carbocycles. The highest BCUT2D eigenvalue weighted by Crippen LogP contribution is 2.39. The van der Waals surface area contributed by atoms with Crippen LogP contribution >= 0.6 is 12.2 Å². The number of rotatable bonds is 5. The van der Waals surface area contributed by atoms with Crippen molar-refractivity contribution in [3.63, 3.8) is 0 Å². The molecule has 1 heterocycles. The zero-order valence-corrected chi connectivity index (χ0v) is 19.1. The molecule has 0 radical (unpaired) electrons. The van der Waals surface area contributed by atoms with Crippen molar-refractivity contribution >= 4 is 17.5 Å². The molecule has 1 aromatic heterocycles. The van der Waals surface area contributed by atoms with E-state index in [1.54, 1.807) is 45.0 Å². The van der Waals surface area contributed by atoms with E-state index in [0.717, 1.165) is 0 Å². The van der Waals surface area contributed by atoms with E-state index in [1.807, 2.05) is 6.07 Å². The van der Waals surface area contributed by atoms with E-state index in [1.165, 1.54) is 19.2 Å². The van der Waals surface area contributed by atoms with Gasteiger partial charge in [-0.3, -0.25) is 4.74 Å². The Labute approximate surface area is 193 Å². The summed E-state index contributed by atoms with van der Waals surface area (Å²) < 4.78 is 57.7. The molecule has 0 N–H and O–H groups in total. The number of hydrogen-bond acceptors (Lipinski definition) is 6. The predicted molar refractivity (Wildman–Crippen MR) is 121 cm³/mol. The van der Waals surface area contributed by atoms with Gasteiger partial charge < -0.3 is 13.9 Å². The van der Waals surface area contributed by atoms with Gasteiger partial charge in [0.25, 0.3) is 0 Å². The van der Waals surface area contributed by atoms with Crippen LogP contribution in [0.2, 0.25) is 0 Å². The van der Waals surface area contributed by atoms with Crippen molar-refractivity contribution < 1.29 is 31.8 Å².